The third-order valence-electron chi connectivity index (χ3n) is 2.76. The lowest BCUT2D eigenvalue weighted by Crippen LogP contribution is -2.09. The van der Waals surface area contributed by atoms with Gasteiger partial charge in [-0.15, -0.1) is 16.9 Å². The number of ether oxygens (including phenoxy) is 1. The zero-order chi connectivity index (χ0) is 14.7. The number of aryl methyl sites for hydroxylation is 1. The first-order valence-electron chi connectivity index (χ1n) is 5.89. The minimum absolute atomic E-state index is 0.0841. The number of hydrogen-bond donors (Lipinski definition) is 1. The van der Waals surface area contributed by atoms with Gasteiger partial charge < -0.3 is 9.84 Å². The summed E-state index contributed by atoms with van der Waals surface area (Å²) < 4.78 is 9.18. The Labute approximate surface area is 125 Å². The predicted molar refractivity (Wildman–Crippen MR) is 78.4 cm³/mol. The summed E-state index contributed by atoms with van der Waals surface area (Å²) >= 11 is 2.69. The number of hydrogen-bond acceptors (Lipinski definition) is 7. The molecule has 1 unspecified atom stereocenters. The average molecular weight is 310 g/mol. The Morgan fingerprint density at radius 3 is 2.85 bits per heavy atom. The molecular formula is C13H14N2O3S2. The van der Waals surface area contributed by atoms with E-state index in [2.05, 4.69) is 9.59 Å². The Balaban J connectivity index is 2.18. The summed E-state index contributed by atoms with van der Waals surface area (Å²) in [6, 6.07) is 4.86. The maximum absolute atomic E-state index is 12.1. The van der Waals surface area contributed by atoms with E-state index in [9.17, 15) is 9.90 Å². The first kappa shape index (κ1) is 14.8. The molecule has 0 radical (unpaired) electrons. The minimum Gasteiger partial charge on any atom is -0.507 e. The lowest BCUT2D eigenvalue weighted by molar-refractivity contribution is 0.0340. The summed E-state index contributed by atoms with van der Waals surface area (Å²) in [7, 11) is 0. The van der Waals surface area contributed by atoms with E-state index in [1.54, 1.807) is 19.1 Å². The number of aromatic nitrogens is 2. The molecule has 1 aromatic heterocycles. The third-order valence-corrected chi connectivity index (χ3v) is 4.48. The summed E-state index contributed by atoms with van der Waals surface area (Å²) in [5, 5.41) is 13.7. The van der Waals surface area contributed by atoms with Gasteiger partial charge in [0.05, 0.1) is 10.6 Å². The topological polar surface area (TPSA) is 72.3 Å². The van der Waals surface area contributed by atoms with Crippen LogP contribution < -0.4 is 0 Å². The average Bonchev–Trinajstić information content (AvgIpc) is 2.85. The lowest BCUT2D eigenvalue weighted by Gasteiger charge is -2.12. The first-order valence-corrected chi connectivity index (χ1v) is 7.89. The molecule has 0 bridgehead atoms. The van der Waals surface area contributed by atoms with Crippen LogP contribution in [-0.4, -0.2) is 26.9 Å². The second kappa shape index (κ2) is 6.23. The van der Waals surface area contributed by atoms with Gasteiger partial charge in [-0.25, -0.2) is 4.79 Å². The molecule has 5 nitrogen and oxygen atoms in total. The van der Waals surface area contributed by atoms with Gasteiger partial charge in [-0.1, -0.05) is 4.49 Å². The van der Waals surface area contributed by atoms with Crippen LogP contribution >= 0.6 is 23.3 Å². The van der Waals surface area contributed by atoms with Crippen molar-refractivity contribution in [2.24, 2.45) is 0 Å². The number of esters is 1. The number of phenolic OH excluding ortho intramolecular Hbond substituents is 1. The highest BCUT2D eigenvalue weighted by molar-refractivity contribution is 7.98. The number of benzene rings is 1. The zero-order valence-electron chi connectivity index (χ0n) is 11.3. The fraction of sp³-hybridized carbons (Fsp3) is 0.308. The Kier molecular flexibility index (Phi) is 4.61. The number of thioether (sulfide) groups is 1. The van der Waals surface area contributed by atoms with E-state index in [0.29, 0.717) is 0 Å². The molecule has 1 atom stereocenters. The molecule has 106 valence electrons. The molecule has 1 heterocycles. The molecule has 7 heteroatoms. The number of rotatable bonds is 4. The van der Waals surface area contributed by atoms with Crippen LogP contribution in [0.3, 0.4) is 0 Å². The predicted octanol–water partition coefficient (Wildman–Crippen LogP) is 3.19. The molecule has 0 aliphatic heterocycles. The van der Waals surface area contributed by atoms with Gasteiger partial charge in [0.15, 0.2) is 0 Å². The van der Waals surface area contributed by atoms with Crippen molar-refractivity contribution in [3.05, 3.63) is 34.3 Å². The summed E-state index contributed by atoms with van der Waals surface area (Å²) in [6.45, 7) is 3.57. The van der Waals surface area contributed by atoms with Gasteiger partial charge in [0.25, 0.3) is 0 Å². The second-order valence-electron chi connectivity index (χ2n) is 4.15. The van der Waals surface area contributed by atoms with E-state index < -0.39 is 12.1 Å². The molecule has 0 saturated carbocycles. The van der Waals surface area contributed by atoms with Crippen LogP contribution in [0.25, 0.3) is 0 Å². The van der Waals surface area contributed by atoms with Crippen LogP contribution in [0.1, 0.15) is 34.0 Å². The van der Waals surface area contributed by atoms with Crippen LogP contribution in [0.2, 0.25) is 0 Å². The Morgan fingerprint density at radius 2 is 2.25 bits per heavy atom. The smallest absolute Gasteiger partial charge is 0.342 e. The third kappa shape index (κ3) is 3.10. The number of carbonyl (C=O) groups excluding carboxylic acids is 1. The van der Waals surface area contributed by atoms with Crippen molar-refractivity contribution in [1.29, 1.82) is 0 Å². The van der Waals surface area contributed by atoms with E-state index in [1.807, 2.05) is 13.2 Å². The minimum atomic E-state index is -0.557. The Morgan fingerprint density at radius 1 is 1.50 bits per heavy atom. The molecule has 0 aliphatic carbocycles. The van der Waals surface area contributed by atoms with Gasteiger partial charge in [-0.3, -0.25) is 0 Å². The molecule has 0 spiro atoms. The van der Waals surface area contributed by atoms with Crippen molar-refractivity contribution < 1.29 is 14.6 Å². The van der Waals surface area contributed by atoms with Crippen LogP contribution in [-0.2, 0) is 4.74 Å². The maximum atomic E-state index is 12.1. The number of phenols is 1. The van der Waals surface area contributed by atoms with Gasteiger partial charge in [0.2, 0.25) is 0 Å². The summed E-state index contributed by atoms with van der Waals surface area (Å²) in [5.41, 5.74) is 0.913. The molecule has 2 rings (SSSR count). The van der Waals surface area contributed by atoms with Gasteiger partial charge >= 0.3 is 5.97 Å². The molecule has 1 aromatic carbocycles. The van der Waals surface area contributed by atoms with Crippen LogP contribution in [0.15, 0.2) is 23.1 Å². The van der Waals surface area contributed by atoms with E-state index in [1.165, 1.54) is 29.4 Å². The van der Waals surface area contributed by atoms with Gasteiger partial charge in [0.1, 0.15) is 17.4 Å². The van der Waals surface area contributed by atoms with Crippen LogP contribution in [0, 0.1) is 6.92 Å². The molecule has 0 saturated heterocycles. The highest BCUT2D eigenvalue weighted by Gasteiger charge is 2.20. The summed E-state index contributed by atoms with van der Waals surface area (Å²) in [6.07, 6.45) is 1.45. The van der Waals surface area contributed by atoms with Crippen molar-refractivity contribution in [2.75, 3.05) is 6.26 Å². The van der Waals surface area contributed by atoms with Crippen LogP contribution in [0.4, 0.5) is 0 Å². The molecule has 20 heavy (non-hydrogen) atoms. The van der Waals surface area contributed by atoms with Crippen LogP contribution in [0.5, 0.6) is 5.75 Å². The van der Waals surface area contributed by atoms with Gasteiger partial charge in [-0.2, -0.15) is 0 Å². The number of nitrogens with zero attached hydrogens (tertiary/aromatic N) is 2. The zero-order valence-corrected chi connectivity index (χ0v) is 12.9. The lowest BCUT2D eigenvalue weighted by atomic mass is 10.2. The normalized spacial score (nSPS) is 12.2. The molecule has 1 N–H and O–H groups in total. The highest BCUT2D eigenvalue weighted by Crippen LogP contribution is 2.28. The fourth-order valence-corrected chi connectivity index (χ4v) is 2.75. The van der Waals surface area contributed by atoms with E-state index in [-0.39, 0.29) is 11.3 Å². The molecule has 0 amide bonds. The standard InChI is InChI=1S/C13H14N2O3S2/c1-7-12(20-15-14-7)8(2)18-13(17)10-6-9(19-3)4-5-11(10)16/h4-6,8,16H,1-3H3. The monoisotopic (exact) mass is 310 g/mol. The largest absolute Gasteiger partial charge is 0.507 e. The first-order chi connectivity index (χ1) is 9.52. The van der Waals surface area contributed by atoms with Crippen molar-refractivity contribution >= 4 is 29.3 Å². The quantitative estimate of drug-likeness (QED) is 0.690. The maximum Gasteiger partial charge on any atom is 0.342 e. The van der Waals surface area contributed by atoms with Crippen molar-refractivity contribution in [1.82, 2.24) is 9.59 Å². The van der Waals surface area contributed by atoms with E-state index >= 15 is 0 Å². The Hall–Kier alpha value is -1.60. The number of aromatic hydroxyl groups is 1. The fourth-order valence-electron chi connectivity index (χ4n) is 1.69. The number of carbonyl (C=O) groups is 1. The second-order valence-corrected chi connectivity index (χ2v) is 5.82. The van der Waals surface area contributed by atoms with E-state index in [0.717, 1.165) is 15.5 Å². The SMILES string of the molecule is CSc1ccc(O)c(C(=O)OC(C)c2snnc2C)c1. The van der Waals surface area contributed by atoms with Gasteiger partial charge in [-0.05, 0) is 49.8 Å². The molecule has 0 fully saturated rings. The summed E-state index contributed by atoms with van der Waals surface area (Å²) in [5.74, 6) is -0.641. The Bertz CT molecular complexity index is 628. The molecule has 2 aromatic rings. The summed E-state index contributed by atoms with van der Waals surface area (Å²) in [4.78, 5) is 13.8. The van der Waals surface area contributed by atoms with Crippen molar-refractivity contribution in [2.45, 2.75) is 24.8 Å². The molecule has 0 aliphatic rings. The van der Waals surface area contributed by atoms with E-state index in [4.69, 9.17) is 4.74 Å². The molecular weight excluding hydrogens is 296 g/mol. The van der Waals surface area contributed by atoms with Crippen molar-refractivity contribution in [3.63, 3.8) is 0 Å². The van der Waals surface area contributed by atoms with Gasteiger partial charge in [0, 0.05) is 4.90 Å². The highest BCUT2D eigenvalue weighted by atomic mass is 32.2. The van der Waals surface area contributed by atoms with Crippen molar-refractivity contribution in [3.8, 4) is 5.75 Å².